The predicted octanol–water partition coefficient (Wildman–Crippen LogP) is 0.899. The van der Waals surface area contributed by atoms with Crippen molar-refractivity contribution in [3.05, 3.63) is 34.9 Å². The van der Waals surface area contributed by atoms with Crippen LogP contribution in [0.15, 0.2) is 18.2 Å². The first-order valence-electron chi connectivity index (χ1n) is 4.66. The van der Waals surface area contributed by atoms with Gasteiger partial charge in [-0.3, -0.25) is 0 Å². The third-order valence-electron chi connectivity index (χ3n) is 2.59. The third kappa shape index (κ3) is 1.51. The normalized spacial score (nSPS) is 19.1. The van der Waals surface area contributed by atoms with E-state index in [0.29, 0.717) is 5.56 Å². The van der Waals surface area contributed by atoms with Crippen molar-refractivity contribution in [2.24, 2.45) is 5.73 Å². The first kappa shape index (κ1) is 9.21. The summed E-state index contributed by atoms with van der Waals surface area (Å²) in [6.45, 7) is 0. The van der Waals surface area contributed by atoms with Gasteiger partial charge >= 0.3 is 5.97 Å². The van der Waals surface area contributed by atoms with Crippen LogP contribution in [-0.4, -0.2) is 19.1 Å². The van der Waals surface area contributed by atoms with E-state index >= 15 is 0 Å². The van der Waals surface area contributed by atoms with Gasteiger partial charge in [0.2, 0.25) is 0 Å². The van der Waals surface area contributed by atoms with Crippen molar-refractivity contribution >= 4 is 5.97 Å². The molecule has 0 heterocycles. The van der Waals surface area contributed by atoms with Gasteiger partial charge in [0, 0.05) is 6.04 Å². The van der Waals surface area contributed by atoms with Gasteiger partial charge in [-0.2, -0.15) is 0 Å². The van der Waals surface area contributed by atoms with Crippen molar-refractivity contribution in [1.82, 2.24) is 0 Å². The van der Waals surface area contributed by atoms with Crippen molar-refractivity contribution in [3.63, 3.8) is 0 Å². The van der Waals surface area contributed by atoms with E-state index in [9.17, 15) is 4.79 Å². The van der Waals surface area contributed by atoms with Gasteiger partial charge in [0.25, 0.3) is 0 Å². The summed E-state index contributed by atoms with van der Waals surface area (Å²) < 4.78 is 4.65. The molecule has 1 atom stereocenters. The number of carbonyl (C=O) groups is 1. The molecule has 2 N–H and O–H groups in total. The minimum atomic E-state index is -0.284. The molecule has 1 aromatic carbocycles. The highest BCUT2D eigenvalue weighted by Crippen LogP contribution is 2.22. The second-order valence-electron chi connectivity index (χ2n) is 3.64. The lowest BCUT2D eigenvalue weighted by Gasteiger charge is -2.02. The van der Waals surface area contributed by atoms with Crippen molar-refractivity contribution in [3.8, 4) is 0 Å². The average Bonchev–Trinajstić information content (AvgIpc) is 2.55. The Morgan fingerprint density at radius 1 is 1.43 bits per heavy atom. The molecule has 0 amide bonds. The SMILES string of the molecule is COC(=O)c1ccc2c(c1)C[C@H](N)C2. The quantitative estimate of drug-likeness (QED) is 0.671. The van der Waals surface area contributed by atoms with Crippen LogP contribution in [0.25, 0.3) is 0 Å². The Bertz CT molecular complexity index is 374. The standard InChI is InChI=1S/C11H13NO2/c1-14-11(13)8-3-2-7-5-10(12)6-9(7)4-8/h2-4,10H,5-6,12H2,1H3/t10-/m1/s1. The van der Waals surface area contributed by atoms with Crippen molar-refractivity contribution in [1.29, 1.82) is 0 Å². The Hall–Kier alpha value is -1.35. The van der Waals surface area contributed by atoms with E-state index in [2.05, 4.69) is 4.74 Å². The minimum Gasteiger partial charge on any atom is -0.465 e. The number of ether oxygens (including phenoxy) is 1. The summed E-state index contributed by atoms with van der Waals surface area (Å²) in [4.78, 5) is 11.2. The maximum atomic E-state index is 11.2. The fraction of sp³-hybridized carbons (Fsp3) is 0.364. The molecule has 1 aliphatic carbocycles. The highest BCUT2D eigenvalue weighted by molar-refractivity contribution is 5.89. The Kier molecular flexibility index (Phi) is 2.25. The molecule has 0 bridgehead atoms. The molecule has 1 aliphatic rings. The van der Waals surface area contributed by atoms with E-state index in [1.165, 1.54) is 18.2 Å². The molecule has 0 radical (unpaired) electrons. The first-order chi connectivity index (χ1) is 6.70. The Labute approximate surface area is 82.9 Å². The molecule has 0 saturated heterocycles. The molecule has 0 unspecified atom stereocenters. The van der Waals surface area contributed by atoms with Crippen LogP contribution in [0.3, 0.4) is 0 Å². The summed E-state index contributed by atoms with van der Waals surface area (Å²) in [6, 6.07) is 5.85. The fourth-order valence-electron chi connectivity index (χ4n) is 1.90. The smallest absolute Gasteiger partial charge is 0.337 e. The van der Waals surface area contributed by atoms with Crippen LogP contribution in [0.4, 0.5) is 0 Å². The minimum absolute atomic E-state index is 0.206. The molecule has 1 aromatic rings. The second-order valence-corrected chi connectivity index (χ2v) is 3.64. The number of hydrogen-bond donors (Lipinski definition) is 1. The first-order valence-corrected chi connectivity index (χ1v) is 4.66. The van der Waals surface area contributed by atoms with Gasteiger partial charge in [-0.1, -0.05) is 6.07 Å². The summed E-state index contributed by atoms with van der Waals surface area (Å²) in [7, 11) is 1.39. The highest BCUT2D eigenvalue weighted by atomic mass is 16.5. The number of methoxy groups -OCH3 is 1. The van der Waals surface area contributed by atoms with Crippen LogP contribution in [0, 0.1) is 0 Å². The Morgan fingerprint density at radius 2 is 2.14 bits per heavy atom. The zero-order valence-corrected chi connectivity index (χ0v) is 8.12. The molecule has 0 aliphatic heterocycles. The van der Waals surface area contributed by atoms with Crippen LogP contribution in [0.2, 0.25) is 0 Å². The zero-order valence-electron chi connectivity index (χ0n) is 8.12. The number of rotatable bonds is 1. The lowest BCUT2D eigenvalue weighted by molar-refractivity contribution is 0.0600. The number of fused-ring (bicyclic) bond motifs is 1. The second kappa shape index (κ2) is 3.42. The van der Waals surface area contributed by atoms with Gasteiger partial charge in [0.1, 0.15) is 0 Å². The van der Waals surface area contributed by atoms with E-state index in [1.54, 1.807) is 6.07 Å². The van der Waals surface area contributed by atoms with Gasteiger partial charge in [-0.25, -0.2) is 4.79 Å². The Balaban J connectivity index is 2.33. The maximum Gasteiger partial charge on any atom is 0.337 e. The number of benzene rings is 1. The molecule has 0 fully saturated rings. The molecule has 0 spiro atoms. The van der Waals surface area contributed by atoms with E-state index in [4.69, 9.17) is 5.73 Å². The van der Waals surface area contributed by atoms with Gasteiger partial charge in [-0.05, 0) is 36.1 Å². The molecule has 3 heteroatoms. The number of esters is 1. The molecule has 0 saturated carbocycles. The number of nitrogens with two attached hydrogens (primary N) is 1. The van der Waals surface area contributed by atoms with E-state index in [1.807, 2.05) is 12.1 Å². The summed E-state index contributed by atoms with van der Waals surface area (Å²) in [5.41, 5.74) is 8.87. The summed E-state index contributed by atoms with van der Waals surface area (Å²) >= 11 is 0. The van der Waals surface area contributed by atoms with Crippen molar-refractivity contribution in [2.45, 2.75) is 18.9 Å². The average molecular weight is 191 g/mol. The third-order valence-corrected chi connectivity index (χ3v) is 2.59. The lowest BCUT2D eigenvalue weighted by atomic mass is 10.1. The fourth-order valence-corrected chi connectivity index (χ4v) is 1.90. The molecule has 14 heavy (non-hydrogen) atoms. The van der Waals surface area contributed by atoms with Crippen LogP contribution in [-0.2, 0) is 17.6 Å². The zero-order chi connectivity index (χ0) is 10.1. The lowest BCUT2D eigenvalue weighted by Crippen LogP contribution is -2.19. The van der Waals surface area contributed by atoms with Crippen LogP contribution in [0.1, 0.15) is 21.5 Å². The molecule has 0 aromatic heterocycles. The van der Waals surface area contributed by atoms with E-state index in [0.717, 1.165) is 12.8 Å². The molecule has 3 nitrogen and oxygen atoms in total. The molecule has 74 valence electrons. The number of carbonyl (C=O) groups excluding carboxylic acids is 1. The molecular formula is C11H13NO2. The summed E-state index contributed by atoms with van der Waals surface area (Å²) in [5.74, 6) is -0.284. The maximum absolute atomic E-state index is 11.2. The predicted molar refractivity (Wildman–Crippen MR) is 53.2 cm³/mol. The summed E-state index contributed by atoms with van der Waals surface area (Å²) in [5, 5.41) is 0. The van der Waals surface area contributed by atoms with Crippen molar-refractivity contribution in [2.75, 3.05) is 7.11 Å². The van der Waals surface area contributed by atoms with Gasteiger partial charge in [0.15, 0.2) is 0 Å². The topological polar surface area (TPSA) is 52.3 Å². The van der Waals surface area contributed by atoms with Crippen molar-refractivity contribution < 1.29 is 9.53 Å². The molecule has 2 rings (SSSR count). The summed E-state index contributed by atoms with van der Waals surface area (Å²) in [6.07, 6.45) is 1.77. The monoisotopic (exact) mass is 191 g/mol. The van der Waals surface area contributed by atoms with Gasteiger partial charge in [-0.15, -0.1) is 0 Å². The van der Waals surface area contributed by atoms with Crippen LogP contribution < -0.4 is 5.73 Å². The van der Waals surface area contributed by atoms with Gasteiger partial charge in [0.05, 0.1) is 12.7 Å². The van der Waals surface area contributed by atoms with E-state index in [-0.39, 0.29) is 12.0 Å². The molecular weight excluding hydrogens is 178 g/mol. The van der Waals surface area contributed by atoms with Gasteiger partial charge < -0.3 is 10.5 Å². The highest BCUT2D eigenvalue weighted by Gasteiger charge is 2.19. The van der Waals surface area contributed by atoms with Crippen LogP contribution in [0.5, 0.6) is 0 Å². The Morgan fingerprint density at radius 3 is 2.86 bits per heavy atom. The number of hydrogen-bond acceptors (Lipinski definition) is 3. The van der Waals surface area contributed by atoms with Crippen LogP contribution >= 0.6 is 0 Å². The largest absolute Gasteiger partial charge is 0.465 e. The van der Waals surface area contributed by atoms with E-state index < -0.39 is 0 Å².